The molecule has 3 aromatic carbocycles. The monoisotopic (exact) mass is 479 g/mol. The lowest BCUT2D eigenvalue weighted by Gasteiger charge is -2.23. The fourth-order valence-electron chi connectivity index (χ4n) is 3.63. The molecule has 5 nitrogen and oxygen atoms in total. The van der Waals surface area contributed by atoms with Gasteiger partial charge in [-0.15, -0.1) is 0 Å². The van der Waals surface area contributed by atoms with Gasteiger partial charge in [-0.25, -0.2) is 8.78 Å². The molecule has 2 amide bonds. The van der Waals surface area contributed by atoms with Crippen molar-refractivity contribution in [1.29, 1.82) is 0 Å². The van der Waals surface area contributed by atoms with Gasteiger partial charge in [0, 0.05) is 36.0 Å². The average Bonchev–Trinajstić information content (AvgIpc) is 2.81. The maximum Gasteiger partial charge on any atom is 0.255 e. The number of rotatable bonds is 8. The van der Waals surface area contributed by atoms with E-state index in [0.29, 0.717) is 30.8 Å². The first-order valence-corrected chi connectivity index (χ1v) is 11.5. The Morgan fingerprint density at radius 1 is 0.886 bits per heavy atom. The highest BCUT2D eigenvalue weighted by Crippen LogP contribution is 2.23. The predicted octanol–water partition coefficient (Wildman–Crippen LogP) is 5.51. The van der Waals surface area contributed by atoms with Crippen LogP contribution in [-0.4, -0.2) is 29.8 Å². The summed E-state index contributed by atoms with van der Waals surface area (Å²) in [4.78, 5) is 27.0. The second-order valence-electron chi connectivity index (χ2n) is 9.51. The number of hydrogen-bond donors (Lipinski definition) is 2. The molecular weight excluding hydrogens is 448 g/mol. The molecule has 0 unspecified atom stereocenters. The van der Waals surface area contributed by atoms with Gasteiger partial charge in [0.2, 0.25) is 0 Å². The zero-order valence-corrected chi connectivity index (χ0v) is 20.3. The summed E-state index contributed by atoms with van der Waals surface area (Å²) in [5, 5.41) is 2.87. The van der Waals surface area contributed by atoms with Gasteiger partial charge in [-0.1, -0.05) is 45.0 Å². The van der Waals surface area contributed by atoms with Crippen LogP contribution < -0.4 is 11.1 Å². The number of carbonyl (C=O) groups is 2. The van der Waals surface area contributed by atoms with Crippen LogP contribution in [0.4, 0.5) is 14.5 Å². The van der Waals surface area contributed by atoms with E-state index in [1.165, 1.54) is 4.90 Å². The lowest BCUT2D eigenvalue weighted by atomic mass is 9.87. The third-order valence-corrected chi connectivity index (χ3v) is 5.63. The quantitative estimate of drug-likeness (QED) is 0.448. The molecule has 3 N–H and O–H groups in total. The highest BCUT2D eigenvalue weighted by atomic mass is 19.1. The highest BCUT2D eigenvalue weighted by Gasteiger charge is 2.18. The predicted molar refractivity (Wildman–Crippen MR) is 134 cm³/mol. The van der Waals surface area contributed by atoms with Crippen LogP contribution in [0.15, 0.2) is 66.7 Å². The van der Waals surface area contributed by atoms with Crippen LogP contribution in [0.5, 0.6) is 0 Å². The molecule has 3 aromatic rings. The van der Waals surface area contributed by atoms with Crippen LogP contribution in [0.2, 0.25) is 0 Å². The average molecular weight is 480 g/mol. The molecule has 7 heteroatoms. The molecule has 0 radical (unpaired) electrons. The number of anilines is 1. The van der Waals surface area contributed by atoms with Gasteiger partial charge >= 0.3 is 0 Å². The van der Waals surface area contributed by atoms with Gasteiger partial charge in [-0.3, -0.25) is 9.59 Å². The van der Waals surface area contributed by atoms with E-state index >= 15 is 0 Å². The number of nitrogens with one attached hydrogen (secondary N) is 1. The number of hydrogen-bond acceptors (Lipinski definition) is 3. The van der Waals surface area contributed by atoms with Gasteiger partial charge in [0.1, 0.15) is 11.6 Å². The number of nitrogens with two attached hydrogens (primary N) is 1. The Balaban J connectivity index is 1.68. The Morgan fingerprint density at radius 2 is 1.49 bits per heavy atom. The topological polar surface area (TPSA) is 75.4 Å². The third-order valence-electron chi connectivity index (χ3n) is 5.63. The molecule has 0 aliphatic rings. The normalized spacial score (nSPS) is 11.3. The second kappa shape index (κ2) is 11.2. The molecule has 0 saturated carbocycles. The van der Waals surface area contributed by atoms with Crippen molar-refractivity contribution < 1.29 is 18.4 Å². The van der Waals surface area contributed by atoms with E-state index in [0.717, 1.165) is 29.3 Å². The van der Waals surface area contributed by atoms with Crippen LogP contribution in [0, 0.1) is 11.6 Å². The zero-order valence-electron chi connectivity index (χ0n) is 20.3. The second-order valence-corrected chi connectivity index (χ2v) is 9.51. The summed E-state index contributed by atoms with van der Waals surface area (Å²) in [5.74, 6) is -2.31. The minimum atomic E-state index is -0.805. The largest absolute Gasteiger partial charge is 0.334 e. The molecule has 0 fully saturated rings. The van der Waals surface area contributed by atoms with Gasteiger partial charge in [-0.05, 0) is 65.9 Å². The van der Waals surface area contributed by atoms with Crippen LogP contribution in [0.3, 0.4) is 0 Å². The van der Waals surface area contributed by atoms with E-state index in [2.05, 4.69) is 26.1 Å². The number of nitrogens with zero attached hydrogens (tertiary/aromatic N) is 1. The molecule has 0 atom stereocenters. The van der Waals surface area contributed by atoms with E-state index in [1.54, 1.807) is 36.4 Å². The van der Waals surface area contributed by atoms with Gasteiger partial charge in [0.25, 0.3) is 11.8 Å². The van der Waals surface area contributed by atoms with E-state index in [1.807, 2.05) is 12.1 Å². The molecular formula is C28H31F2N3O2. The summed E-state index contributed by atoms with van der Waals surface area (Å²) >= 11 is 0. The molecule has 184 valence electrons. The van der Waals surface area contributed by atoms with Crippen LogP contribution >= 0.6 is 0 Å². The zero-order chi connectivity index (χ0) is 25.6. The third kappa shape index (κ3) is 7.20. The summed E-state index contributed by atoms with van der Waals surface area (Å²) in [6.07, 6.45) is 0.547. The first kappa shape index (κ1) is 26.0. The van der Waals surface area contributed by atoms with Crippen molar-refractivity contribution in [2.45, 2.75) is 39.2 Å². The molecule has 0 aliphatic carbocycles. The summed E-state index contributed by atoms with van der Waals surface area (Å²) in [7, 11) is 0. The Labute approximate surface area is 204 Å². The molecule has 3 rings (SSSR count). The van der Waals surface area contributed by atoms with Crippen LogP contribution in [0.25, 0.3) is 0 Å². The van der Waals surface area contributed by atoms with Crippen molar-refractivity contribution >= 4 is 17.5 Å². The van der Waals surface area contributed by atoms with Crippen molar-refractivity contribution in [2.75, 3.05) is 18.4 Å². The van der Waals surface area contributed by atoms with Crippen molar-refractivity contribution in [3.05, 3.63) is 101 Å². The molecule has 0 spiro atoms. The lowest BCUT2D eigenvalue weighted by molar-refractivity contribution is 0.0741. The fourth-order valence-corrected chi connectivity index (χ4v) is 3.63. The first-order valence-electron chi connectivity index (χ1n) is 11.5. The molecule has 0 bridgehead atoms. The molecule has 0 aromatic heterocycles. The Bertz CT molecular complexity index is 1150. The first-order chi connectivity index (χ1) is 16.6. The summed E-state index contributed by atoms with van der Waals surface area (Å²) in [5.41, 5.74) is 8.68. The van der Waals surface area contributed by atoms with E-state index in [4.69, 9.17) is 5.73 Å². The molecule has 0 aliphatic heterocycles. The van der Waals surface area contributed by atoms with E-state index in [-0.39, 0.29) is 23.4 Å². The SMILES string of the molecule is CC(C)(C)c1ccc(C(=O)Nc2ccc(CN(CCCN)C(=O)c3cc(F)cc(F)c3)cc2)cc1. The minimum absolute atomic E-state index is 0.00704. The summed E-state index contributed by atoms with van der Waals surface area (Å²) in [6.45, 7) is 7.30. The number of carbonyl (C=O) groups excluding carboxylic acids is 2. The standard InChI is InChI=1S/C28H31F2N3O2/c1-28(2,3)22-9-7-20(8-10-22)26(34)32-25-11-5-19(6-12-25)18-33(14-4-13-31)27(35)21-15-23(29)17-24(30)16-21/h5-12,15-17H,4,13-14,18,31H2,1-3H3,(H,32,34). The molecule has 0 saturated heterocycles. The Hall–Kier alpha value is -3.58. The minimum Gasteiger partial charge on any atom is -0.334 e. The number of halogens is 2. The van der Waals surface area contributed by atoms with Gasteiger partial charge < -0.3 is 16.0 Å². The smallest absolute Gasteiger partial charge is 0.255 e. The fraction of sp³-hybridized carbons (Fsp3) is 0.286. The molecule has 35 heavy (non-hydrogen) atoms. The Kier molecular flexibility index (Phi) is 8.35. The van der Waals surface area contributed by atoms with Crippen molar-refractivity contribution in [3.63, 3.8) is 0 Å². The van der Waals surface area contributed by atoms with Crippen molar-refractivity contribution in [3.8, 4) is 0 Å². The van der Waals surface area contributed by atoms with Crippen LogP contribution in [-0.2, 0) is 12.0 Å². The van der Waals surface area contributed by atoms with Gasteiger partial charge in [0.05, 0.1) is 0 Å². The maximum atomic E-state index is 13.6. The van der Waals surface area contributed by atoms with Gasteiger partial charge in [-0.2, -0.15) is 0 Å². The highest BCUT2D eigenvalue weighted by molar-refractivity contribution is 6.04. The number of amides is 2. The van der Waals surface area contributed by atoms with Gasteiger partial charge in [0.15, 0.2) is 0 Å². The van der Waals surface area contributed by atoms with Crippen LogP contribution in [0.1, 0.15) is 59.0 Å². The van der Waals surface area contributed by atoms with Crippen molar-refractivity contribution in [2.24, 2.45) is 5.73 Å². The van der Waals surface area contributed by atoms with E-state index < -0.39 is 17.5 Å². The summed E-state index contributed by atoms with van der Waals surface area (Å²) < 4.78 is 27.2. The van der Waals surface area contributed by atoms with E-state index in [9.17, 15) is 18.4 Å². The number of benzene rings is 3. The lowest BCUT2D eigenvalue weighted by Crippen LogP contribution is -2.32. The Morgan fingerprint density at radius 3 is 2.03 bits per heavy atom. The maximum absolute atomic E-state index is 13.6. The van der Waals surface area contributed by atoms with Crippen molar-refractivity contribution in [1.82, 2.24) is 4.90 Å². The molecule has 0 heterocycles. The summed E-state index contributed by atoms with van der Waals surface area (Å²) in [6, 6.07) is 17.4.